The van der Waals surface area contributed by atoms with Crippen molar-refractivity contribution in [2.45, 2.75) is 108 Å². The molecule has 1 fully saturated rings. The van der Waals surface area contributed by atoms with Gasteiger partial charge in [0.15, 0.2) is 5.96 Å². The third-order valence-corrected chi connectivity index (χ3v) is 9.78. The molecule has 1 aliphatic carbocycles. The lowest BCUT2D eigenvalue weighted by molar-refractivity contribution is -0.192. The zero-order valence-corrected chi connectivity index (χ0v) is 32.7. The van der Waals surface area contributed by atoms with Crippen molar-refractivity contribution in [2.75, 3.05) is 6.54 Å². The van der Waals surface area contributed by atoms with Crippen molar-refractivity contribution in [3.05, 3.63) is 69.7 Å². The fourth-order valence-electron chi connectivity index (χ4n) is 5.90. The molecular formula is C37H50Cl2F3N7O6. The maximum Gasteiger partial charge on any atom is 0.490 e. The van der Waals surface area contributed by atoms with Gasteiger partial charge in [-0.25, -0.2) is 4.79 Å². The number of guanidine groups is 1. The molecule has 2 aromatic rings. The molecule has 3 rings (SSSR count). The highest BCUT2D eigenvalue weighted by Gasteiger charge is 2.45. The molecule has 1 aliphatic rings. The summed E-state index contributed by atoms with van der Waals surface area (Å²) in [6, 6.07) is 12.8. The summed E-state index contributed by atoms with van der Waals surface area (Å²) >= 11 is 12.3. The highest BCUT2D eigenvalue weighted by atomic mass is 35.5. The van der Waals surface area contributed by atoms with Crippen LogP contribution < -0.4 is 32.7 Å². The molecule has 0 unspecified atom stereocenters. The van der Waals surface area contributed by atoms with Crippen LogP contribution in [0.5, 0.6) is 0 Å². The van der Waals surface area contributed by atoms with Crippen LogP contribution in [0.15, 0.2) is 53.5 Å². The van der Waals surface area contributed by atoms with E-state index in [0.29, 0.717) is 42.1 Å². The van der Waals surface area contributed by atoms with Gasteiger partial charge in [0.1, 0.15) is 17.1 Å². The normalized spacial score (nSPS) is 14.2. The first-order valence-corrected chi connectivity index (χ1v) is 18.6. The smallest absolute Gasteiger partial charge is 0.475 e. The Balaban J connectivity index is 0.00000136. The number of aliphatic imine (C=N–C) groups is 1. The molecule has 1 atom stereocenters. The number of nitrogens with two attached hydrogens (primary N) is 2. The Morgan fingerprint density at radius 1 is 0.855 bits per heavy atom. The molecule has 0 bridgehead atoms. The SMILES string of the molecule is CCC(CC)(NC(=O)C(C)C)C(=O)N[C@@H](CCCN=C(N)N)C(=O)NC1(C(=O)NC(c2ccc(Cl)cc2)c2ccc(Cl)cc2)CCCC1.O=C(O)C(F)(F)F. The van der Waals surface area contributed by atoms with Crippen molar-refractivity contribution in [1.82, 2.24) is 21.3 Å². The number of rotatable bonds is 16. The van der Waals surface area contributed by atoms with Crippen LogP contribution in [0.1, 0.15) is 96.2 Å². The van der Waals surface area contributed by atoms with E-state index in [2.05, 4.69) is 26.3 Å². The van der Waals surface area contributed by atoms with Crippen LogP contribution in [0, 0.1) is 5.92 Å². The zero-order chi connectivity index (χ0) is 41.6. The van der Waals surface area contributed by atoms with Crippen LogP contribution >= 0.6 is 23.2 Å². The van der Waals surface area contributed by atoms with Gasteiger partial charge in [-0.2, -0.15) is 13.2 Å². The lowest BCUT2D eigenvalue weighted by Gasteiger charge is -2.36. The number of nitrogens with one attached hydrogen (secondary N) is 4. The predicted octanol–water partition coefficient (Wildman–Crippen LogP) is 5.13. The number of aliphatic carboxylic acids is 1. The second-order valence-electron chi connectivity index (χ2n) is 13.5. The van der Waals surface area contributed by atoms with E-state index in [1.54, 1.807) is 38.1 Å². The van der Waals surface area contributed by atoms with Crippen LogP contribution in [0.4, 0.5) is 13.2 Å². The first kappa shape index (κ1) is 46.6. The Kier molecular flexibility index (Phi) is 17.7. The van der Waals surface area contributed by atoms with Gasteiger partial charge in [-0.1, -0.05) is 88.0 Å². The number of carboxylic acid groups (broad SMARTS) is 1. The molecule has 0 aromatic heterocycles. The molecule has 4 amide bonds. The number of benzene rings is 2. The number of hydrogen-bond donors (Lipinski definition) is 7. The Morgan fingerprint density at radius 2 is 1.33 bits per heavy atom. The van der Waals surface area contributed by atoms with E-state index in [9.17, 15) is 32.3 Å². The van der Waals surface area contributed by atoms with Crippen LogP contribution in [-0.2, 0) is 24.0 Å². The summed E-state index contributed by atoms with van der Waals surface area (Å²) in [4.78, 5) is 67.8. The predicted molar refractivity (Wildman–Crippen MR) is 204 cm³/mol. The minimum atomic E-state index is -5.08. The van der Waals surface area contributed by atoms with Gasteiger partial charge in [0, 0.05) is 22.5 Å². The highest BCUT2D eigenvalue weighted by molar-refractivity contribution is 6.30. The minimum absolute atomic E-state index is 0.0788. The van der Waals surface area contributed by atoms with Crippen molar-refractivity contribution in [1.29, 1.82) is 0 Å². The molecule has 304 valence electrons. The van der Waals surface area contributed by atoms with E-state index in [1.807, 2.05) is 38.1 Å². The van der Waals surface area contributed by atoms with Crippen molar-refractivity contribution in [3.63, 3.8) is 0 Å². The fourth-order valence-corrected chi connectivity index (χ4v) is 6.15. The maximum atomic E-state index is 14.3. The molecule has 1 saturated carbocycles. The maximum absolute atomic E-state index is 14.3. The number of carboxylic acids is 1. The number of carbonyl (C=O) groups is 5. The molecule has 0 radical (unpaired) electrons. The third kappa shape index (κ3) is 13.9. The summed E-state index contributed by atoms with van der Waals surface area (Å²) in [6.45, 7) is 7.37. The molecule has 0 saturated heterocycles. The van der Waals surface area contributed by atoms with Gasteiger partial charge in [0.05, 0.1) is 6.04 Å². The minimum Gasteiger partial charge on any atom is -0.475 e. The van der Waals surface area contributed by atoms with E-state index < -0.39 is 47.1 Å². The van der Waals surface area contributed by atoms with Crippen LogP contribution in [0.2, 0.25) is 10.0 Å². The summed E-state index contributed by atoms with van der Waals surface area (Å²) in [6.07, 6.45) is -1.55. The first-order valence-electron chi connectivity index (χ1n) is 17.8. The molecule has 0 heterocycles. The molecule has 9 N–H and O–H groups in total. The summed E-state index contributed by atoms with van der Waals surface area (Å²) in [5, 5.41) is 20.3. The Bertz CT molecular complexity index is 1600. The molecule has 18 heteroatoms. The number of alkyl halides is 3. The van der Waals surface area contributed by atoms with Gasteiger partial charge in [-0.15, -0.1) is 0 Å². The van der Waals surface area contributed by atoms with Gasteiger partial charge < -0.3 is 37.8 Å². The number of nitrogens with zero attached hydrogens (tertiary/aromatic N) is 1. The number of carbonyl (C=O) groups excluding carboxylic acids is 4. The molecule has 0 spiro atoms. The second kappa shape index (κ2) is 20.9. The third-order valence-electron chi connectivity index (χ3n) is 9.27. The largest absolute Gasteiger partial charge is 0.490 e. The van der Waals surface area contributed by atoms with Gasteiger partial charge in [0.25, 0.3) is 0 Å². The van der Waals surface area contributed by atoms with E-state index in [-0.39, 0.29) is 36.7 Å². The van der Waals surface area contributed by atoms with Gasteiger partial charge in [-0.3, -0.25) is 24.2 Å². The Hall–Kier alpha value is -4.57. The molecule has 55 heavy (non-hydrogen) atoms. The second-order valence-corrected chi connectivity index (χ2v) is 14.4. The Labute approximate surface area is 328 Å². The van der Waals surface area contributed by atoms with Gasteiger partial charge in [0.2, 0.25) is 23.6 Å². The van der Waals surface area contributed by atoms with Gasteiger partial charge in [-0.05, 0) is 73.9 Å². The lowest BCUT2D eigenvalue weighted by Crippen LogP contribution is -2.64. The van der Waals surface area contributed by atoms with Crippen molar-refractivity contribution >= 4 is 58.8 Å². The van der Waals surface area contributed by atoms with Crippen LogP contribution in [0.3, 0.4) is 0 Å². The molecule has 13 nitrogen and oxygen atoms in total. The van der Waals surface area contributed by atoms with E-state index >= 15 is 0 Å². The summed E-state index contributed by atoms with van der Waals surface area (Å²) in [5.74, 6) is -4.75. The van der Waals surface area contributed by atoms with E-state index in [1.165, 1.54) is 0 Å². The molecule has 0 aliphatic heterocycles. The van der Waals surface area contributed by atoms with Crippen molar-refractivity contribution < 1.29 is 42.3 Å². The fraction of sp³-hybridized carbons (Fsp3) is 0.514. The highest BCUT2D eigenvalue weighted by Crippen LogP contribution is 2.33. The number of halogens is 5. The Morgan fingerprint density at radius 3 is 1.73 bits per heavy atom. The van der Waals surface area contributed by atoms with Crippen molar-refractivity contribution in [3.8, 4) is 0 Å². The van der Waals surface area contributed by atoms with Crippen molar-refractivity contribution in [2.24, 2.45) is 22.4 Å². The van der Waals surface area contributed by atoms with Crippen LogP contribution in [0.25, 0.3) is 0 Å². The lowest BCUT2D eigenvalue weighted by atomic mass is 9.89. The number of amides is 4. The van der Waals surface area contributed by atoms with E-state index in [4.69, 9.17) is 44.6 Å². The summed E-state index contributed by atoms with van der Waals surface area (Å²) < 4.78 is 31.7. The standard InChI is InChI=1S/C35H49Cl2N7O4.C2HF3O2/c1-5-34(6-2,43-29(45)22(3)4)31(47)41-27(10-9-21-40-33(38)39)30(46)44-35(19-7-8-20-35)32(48)42-28(23-11-15-25(36)16-12-23)24-13-17-26(37)18-14-24;3-2(4,5)1(6)7/h11-18,22,27-28H,5-10,19-21H2,1-4H3,(H,41,47)(H,42,48)(H,43,45)(H,44,46)(H4,38,39,40);(H,6,7)/t27-;/m0./s1. The topological polar surface area (TPSA) is 218 Å². The van der Waals surface area contributed by atoms with Crippen LogP contribution in [-0.4, -0.2) is 70.5 Å². The number of hydrogen-bond acceptors (Lipinski definition) is 6. The quantitative estimate of drug-likeness (QED) is 0.0683. The van der Waals surface area contributed by atoms with E-state index in [0.717, 1.165) is 24.0 Å². The summed E-state index contributed by atoms with van der Waals surface area (Å²) in [5.41, 5.74) is 10.2. The zero-order valence-electron chi connectivity index (χ0n) is 31.2. The average Bonchev–Trinajstić information content (AvgIpc) is 3.60. The molecule has 2 aromatic carbocycles. The monoisotopic (exact) mass is 815 g/mol. The van der Waals surface area contributed by atoms with Gasteiger partial charge >= 0.3 is 12.1 Å². The first-order chi connectivity index (χ1) is 25.7. The average molecular weight is 817 g/mol. The molecular weight excluding hydrogens is 766 g/mol. The summed E-state index contributed by atoms with van der Waals surface area (Å²) in [7, 11) is 0.